The lowest BCUT2D eigenvalue weighted by Crippen LogP contribution is -2.37. The average Bonchev–Trinajstić information content (AvgIpc) is 2.49. The minimum Gasteiger partial charge on any atom is -0.478 e. The third kappa shape index (κ3) is 3.97. The van der Waals surface area contributed by atoms with Crippen molar-refractivity contribution in [2.24, 2.45) is 0 Å². The first kappa shape index (κ1) is 16.3. The lowest BCUT2D eigenvalue weighted by molar-refractivity contribution is -0.384. The van der Waals surface area contributed by atoms with E-state index < -0.39 is 16.5 Å². The van der Waals surface area contributed by atoms with Crippen molar-refractivity contribution in [1.82, 2.24) is 0 Å². The summed E-state index contributed by atoms with van der Waals surface area (Å²) in [6.07, 6.45) is 0. The highest BCUT2D eigenvalue weighted by molar-refractivity contribution is 5.77. The first-order valence-corrected chi connectivity index (χ1v) is 6.73. The molecule has 0 saturated heterocycles. The first-order chi connectivity index (χ1) is 10.8. The number of nitro groups is 1. The first-order valence-electron chi connectivity index (χ1n) is 6.73. The van der Waals surface area contributed by atoms with Crippen LogP contribution < -0.4 is 9.47 Å². The molecule has 0 spiro atoms. The van der Waals surface area contributed by atoms with Gasteiger partial charge in [0.1, 0.15) is 5.75 Å². The molecule has 2 aromatic carbocycles. The number of non-ortho nitro benzene ring substituents is 1. The van der Waals surface area contributed by atoms with Crippen molar-refractivity contribution < 1.29 is 24.3 Å². The van der Waals surface area contributed by atoms with Gasteiger partial charge in [0, 0.05) is 12.1 Å². The molecule has 0 amide bonds. The van der Waals surface area contributed by atoms with Gasteiger partial charge < -0.3 is 14.6 Å². The molecule has 0 bridgehead atoms. The van der Waals surface area contributed by atoms with E-state index in [-0.39, 0.29) is 11.4 Å². The average molecular weight is 317 g/mol. The van der Waals surface area contributed by atoms with E-state index in [1.807, 2.05) is 0 Å². The van der Waals surface area contributed by atoms with Crippen LogP contribution in [0.3, 0.4) is 0 Å². The molecule has 2 rings (SSSR count). The van der Waals surface area contributed by atoms with Crippen molar-refractivity contribution in [2.45, 2.75) is 19.4 Å². The van der Waals surface area contributed by atoms with Crippen molar-refractivity contribution in [2.75, 3.05) is 0 Å². The van der Waals surface area contributed by atoms with Gasteiger partial charge in [0.05, 0.1) is 4.92 Å². The number of aliphatic carboxylic acids is 1. The van der Waals surface area contributed by atoms with Crippen LogP contribution in [0.4, 0.5) is 5.69 Å². The molecule has 0 aliphatic rings. The second-order valence-electron chi connectivity index (χ2n) is 5.22. The maximum absolute atomic E-state index is 11.2. The van der Waals surface area contributed by atoms with E-state index in [0.29, 0.717) is 11.5 Å². The highest BCUT2D eigenvalue weighted by atomic mass is 16.6. The molecule has 7 nitrogen and oxygen atoms in total. The molecule has 0 saturated carbocycles. The van der Waals surface area contributed by atoms with Crippen LogP contribution in [0, 0.1) is 10.1 Å². The fourth-order valence-corrected chi connectivity index (χ4v) is 1.70. The molecule has 0 fully saturated rings. The minimum atomic E-state index is -1.42. The molecule has 120 valence electrons. The largest absolute Gasteiger partial charge is 0.478 e. The van der Waals surface area contributed by atoms with Gasteiger partial charge in [0.25, 0.3) is 5.69 Å². The number of benzene rings is 2. The predicted octanol–water partition coefficient (Wildman–Crippen LogP) is 3.63. The molecule has 23 heavy (non-hydrogen) atoms. The van der Waals surface area contributed by atoms with Gasteiger partial charge in [-0.1, -0.05) is 12.1 Å². The fourth-order valence-electron chi connectivity index (χ4n) is 1.70. The number of hydrogen-bond acceptors (Lipinski definition) is 5. The molecular formula is C16H15NO6. The molecule has 0 aromatic heterocycles. The number of carbonyl (C=O) groups is 1. The zero-order valence-electron chi connectivity index (χ0n) is 12.6. The number of hydrogen-bond donors (Lipinski definition) is 1. The van der Waals surface area contributed by atoms with E-state index in [4.69, 9.17) is 14.6 Å². The zero-order valence-corrected chi connectivity index (χ0v) is 12.6. The lowest BCUT2D eigenvalue weighted by atomic mass is 10.1. The van der Waals surface area contributed by atoms with Crippen LogP contribution in [0.2, 0.25) is 0 Å². The van der Waals surface area contributed by atoms with E-state index in [1.54, 1.807) is 24.3 Å². The van der Waals surface area contributed by atoms with Crippen LogP contribution in [0.5, 0.6) is 17.2 Å². The van der Waals surface area contributed by atoms with Gasteiger partial charge >= 0.3 is 5.97 Å². The Morgan fingerprint density at radius 3 is 2.17 bits per heavy atom. The van der Waals surface area contributed by atoms with Gasteiger partial charge in [0.2, 0.25) is 0 Å². The summed E-state index contributed by atoms with van der Waals surface area (Å²) in [6.45, 7) is 2.86. The van der Waals surface area contributed by atoms with Gasteiger partial charge in [-0.3, -0.25) is 10.1 Å². The Bertz CT molecular complexity index is 724. The van der Waals surface area contributed by atoms with Gasteiger partial charge in [-0.05, 0) is 38.1 Å². The van der Waals surface area contributed by atoms with Gasteiger partial charge in [-0.25, -0.2) is 4.79 Å². The maximum atomic E-state index is 11.2. The quantitative estimate of drug-likeness (QED) is 0.645. The summed E-state index contributed by atoms with van der Waals surface area (Å²) in [4.78, 5) is 21.3. The van der Waals surface area contributed by atoms with E-state index in [0.717, 1.165) is 0 Å². The molecule has 0 unspecified atom stereocenters. The molecule has 2 aromatic rings. The van der Waals surface area contributed by atoms with Gasteiger partial charge in [0.15, 0.2) is 17.1 Å². The molecule has 0 radical (unpaired) electrons. The lowest BCUT2D eigenvalue weighted by Gasteiger charge is -2.23. The van der Waals surface area contributed by atoms with Crippen molar-refractivity contribution in [1.29, 1.82) is 0 Å². The molecule has 1 N–H and O–H groups in total. The summed E-state index contributed by atoms with van der Waals surface area (Å²) in [7, 11) is 0. The standard InChI is InChI=1S/C16H15NO6/c1-16(2,15(18)19)23-14-6-4-3-5-13(14)22-12-9-7-11(8-10-12)17(20)21/h3-10H,1-2H3,(H,18,19). The highest BCUT2D eigenvalue weighted by Crippen LogP contribution is 2.34. The number of rotatable bonds is 6. The third-order valence-electron chi connectivity index (χ3n) is 3.00. The van der Waals surface area contributed by atoms with Gasteiger partial charge in [-0.2, -0.15) is 0 Å². The number of para-hydroxylation sites is 2. The molecule has 0 aliphatic heterocycles. The number of nitro benzene ring substituents is 1. The van der Waals surface area contributed by atoms with Crippen molar-refractivity contribution in [3.63, 3.8) is 0 Å². The predicted molar refractivity (Wildman–Crippen MR) is 82.0 cm³/mol. The van der Waals surface area contributed by atoms with Crippen LogP contribution in [-0.2, 0) is 4.79 Å². The Morgan fingerprint density at radius 1 is 1.09 bits per heavy atom. The summed E-state index contributed by atoms with van der Waals surface area (Å²) in [5.74, 6) is -0.156. The Labute approximate surface area is 132 Å². The third-order valence-corrected chi connectivity index (χ3v) is 3.00. The smallest absolute Gasteiger partial charge is 0.347 e. The monoisotopic (exact) mass is 317 g/mol. The second kappa shape index (κ2) is 6.35. The Morgan fingerprint density at radius 2 is 1.65 bits per heavy atom. The van der Waals surface area contributed by atoms with E-state index in [1.165, 1.54) is 38.1 Å². The summed E-state index contributed by atoms with van der Waals surface area (Å²) < 4.78 is 11.1. The van der Waals surface area contributed by atoms with E-state index in [2.05, 4.69) is 0 Å². The highest BCUT2D eigenvalue weighted by Gasteiger charge is 2.30. The van der Waals surface area contributed by atoms with Gasteiger partial charge in [-0.15, -0.1) is 0 Å². The molecule has 0 aliphatic carbocycles. The SMILES string of the molecule is CC(C)(Oc1ccccc1Oc1ccc([N+](=O)[O-])cc1)C(=O)O. The topological polar surface area (TPSA) is 98.9 Å². The molecule has 7 heteroatoms. The summed E-state index contributed by atoms with van der Waals surface area (Å²) in [5.41, 5.74) is -1.47. The minimum absolute atomic E-state index is 0.0473. The molecule has 0 atom stereocenters. The maximum Gasteiger partial charge on any atom is 0.347 e. The van der Waals surface area contributed by atoms with Crippen molar-refractivity contribution in [3.05, 3.63) is 58.6 Å². The van der Waals surface area contributed by atoms with Crippen LogP contribution in [0.25, 0.3) is 0 Å². The van der Waals surface area contributed by atoms with Crippen LogP contribution in [0.1, 0.15) is 13.8 Å². The normalized spacial score (nSPS) is 10.9. The summed E-state index contributed by atoms with van der Waals surface area (Å²) in [6, 6.07) is 12.2. The number of carboxylic acids is 1. The summed E-state index contributed by atoms with van der Waals surface area (Å²) >= 11 is 0. The number of carboxylic acid groups (broad SMARTS) is 1. The number of nitrogens with zero attached hydrogens (tertiary/aromatic N) is 1. The second-order valence-corrected chi connectivity index (χ2v) is 5.22. The van der Waals surface area contributed by atoms with E-state index in [9.17, 15) is 14.9 Å². The van der Waals surface area contributed by atoms with Crippen LogP contribution in [-0.4, -0.2) is 21.6 Å². The van der Waals surface area contributed by atoms with Crippen LogP contribution >= 0.6 is 0 Å². The molecular weight excluding hydrogens is 302 g/mol. The van der Waals surface area contributed by atoms with Crippen LogP contribution in [0.15, 0.2) is 48.5 Å². The summed E-state index contributed by atoms with van der Waals surface area (Å²) in [5, 5.41) is 19.8. The molecule has 0 heterocycles. The number of ether oxygens (including phenoxy) is 2. The zero-order chi connectivity index (χ0) is 17.0. The Hall–Kier alpha value is -3.09. The van der Waals surface area contributed by atoms with Crippen molar-refractivity contribution in [3.8, 4) is 17.2 Å². The van der Waals surface area contributed by atoms with Crippen molar-refractivity contribution >= 4 is 11.7 Å². The Kier molecular flexibility index (Phi) is 4.49. The van der Waals surface area contributed by atoms with E-state index >= 15 is 0 Å². The Balaban J connectivity index is 2.23. The fraction of sp³-hybridized carbons (Fsp3) is 0.188.